The molecule has 7 heteroatoms. The maximum absolute atomic E-state index is 12.0. The highest BCUT2D eigenvalue weighted by atomic mass is 19.3. The van der Waals surface area contributed by atoms with Crippen molar-refractivity contribution in [1.82, 2.24) is 4.98 Å². The van der Waals surface area contributed by atoms with Gasteiger partial charge in [0, 0.05) is 11.8 Å². The van der Waals surface area contributed by atoms with Crippen molar-refractivity contribution in [3.63, 3.8) is 0 Å². The molecule has 1 heterocycles. The van der Waals surface area contributed by atoms with Gasteiger partial charge in [-0.25, -0.2) is 0 Å². The third kappa shape index (κ3) is 3.41. The second kappa shape index (κ2) is 5.96. The fourth-order valence-electron chi connectivity index (χ4n) is 1.50. The quantitative estimate of drug-likeness (QED) is 0.901. The topological polar surface area (TPSA) is 77.2 Å². The molecule has 0 aliphatic carbocycles. The van der Waals surface area contributed by atoms with Gasteiger partial charge in [0.05, 0.1) is 17.6 Å². The van der Waals surface area contributed by atoms with Crippen LogP contribution < -0.4 is 15.8 Å². The van der Waals surface area contributed by atoms with E-state index in [0.717, 1.165) is 0 Å². The number of nitrogens with two attached hydrogens (primary N) is 1. The molecular weight excluding hydrogens is 268 g/mol. The van der Waals surface area contributed by atoms with Gasteiger partial charge in [-0.15, -0.1) is 0 Å². The van der Waals surface area contributed by atoms with E-state index in [1.165, 1.54) is 36.7 Å². The zero-order valence-electron chi connectivity index (χ0n) is 10.2. The van der Waals surface area contributed by atoms with Crippen molar-refractivity contribution in [3.05, 3.63) is 48.3 Å². The largest absolute Gasteiger partial charge is 0.435 e. The first-order chi connectivity index (χ1) is 9.56. The predicted molar refractivity (Wildman–Crippen MR) is 69.7 cm³/mol. The van der Waals surface area contributed by atoms with Crippen LogP contribution in [0.15, 0.2) is 42.7 Å². The Kier molecular flexibility index (Phi) is 4.09. The fourth-order valence-corrected chi connectivity index (χ4v) is 1.50. The van der Waals surface area contributed by atoms with Gasteiger partial charge in [0.2, 0.25) is 0 Å². The van der Waals surface area contributed by atoms with Gasteiger partial charge >= 0.3 is 6.61 Å². The van der Waals surface area contributed by atoms with Gasteiger partial charge in [-0.3, -0.25) is 9.78 Å². The Hall–Kier alpha value is -2.70. The van der Waals surface area contributed by atoms with Crippen molar-refractivity contribution < 1.29 is 18.3 Å². The Morgan fingerprint density at radius 3 is 2.55 bits per heavy atom. The molecule has 2 aromatic rings. The lowest BCUT2D eigenvalue weighted by molar-refractivity contribution is -0.0498. The number of pyridine rings is 1. The number of nitrogens with one attached hydrogen (secondary N) is 1. The van der Waals surface area contributed by atoms with E-state index in [-0.39, 0.29) is 5.75 Å². The van der Waals surface area contributed by atoms with E-state index in [1.54, 1.807) is 6.07 Å². The van der Waals surface area contributed by atoms with Crippen LogP contribution in [0.2, 0.25) is 0 Å². The standard InChI is InChI=1S/C13H11F2N3O2/c14-13(15)20-9-3-1-8(2-4-9)12(19)18-11-5-6-17-7-10(11)16/h1-7,13H,16H2,(H,17,18,19). The van der Waals surface area contributed by atoms with Gasteiger partial charge in [-0.2, -0.15) is 8.78 Å². The van der Waals surface area contributed by atoms with E-state index >= 15 is 0 Å². The van der Waals surface area contributed by atoms with Crippen LogP contribution in [0.25, 0.3) is 0 Å². The van der Waals surface area contributed by atoms with Crippen molar-refractivity contribution in [2.45, 2.75) is 6.61 Å². The van der Waals surface area contributed by atoms with Crippen LogP contribution >= 0.6 is 0 Å². The Balaban J connectivity index is 2.08. The maximum Gasteiger partial charge on any atom is 0.387 e. The molecule has 5 nitrogen and oxygen atoms in total. The Bertz CT molecular complexity index is 603. The summed E-state index contributed by atoms with van der Waals surface area (Å²) in [6.45, 7) is -2.90. The summed E-state index contributed by atoms with van der Waals surface area (Å²) in [5.41, 5.74) is 6.70. The number of hydrogen-bond donors (Lipinski definition) is 2. The van der Waals surface area contributed by atoms with E-state index in [2.05, 4.69) is 15.0 Å². The van der Waals surface area contributed by atoms with Crippen LogP contribution in [0, 0.1) is 0 Å². The molecule has 0 fully saturated rings. The minimum Gasteiger partial charge on any atom is -0.435 e. The fraction of sp³-hybridized carbons (Fsp3) is 0.0769. The van der Waals surface area contributed by atoms with E-state index in [0.29, 0.717) is 16.9 Å². The highest BCUT2D eigenvalue weighted by molar-refractivity contribution is 6.05. The molecule has 0 radical (unpaired) electrons. The molecular formula is C13H11F2N3O2. The number of carbonyl (C=O) groups excluding carboxylic acids is 1. The normalized spacial score (nSPS) is 10.3. The van der Waals surface area contributed by atoms with Gasteiger partial charge in [-0.1, -0.05) is 0 Å². The number of aromatic nitrogens is 1. The third-order valence-corrected chi connectivity index (χ3v) is 2.44. The molecule has 1 amide bonds. The molecule has 0 bridgehead atoms. The van der Waals surface area contributed by atoms with Crippen molar-refractivity contribution in [2.24, 2.45) is 0 Å². The summed E-state index contributed by atoms with van der Waals surface area (Å²) in [7, 11) is 0. The van der Waals surface area contributed by atoms with Crippen molar-refractivity contribution >= 4 is 17.3 Å². The van der Waals surface area contributed by atoms with Crippen molar-refractivity contribution in [1.29, 1.82) is 0 Å². The van der Waals surface area contributed by atoms with Crippen LogP contribution in [-0.2, 0) is 0 Å². The van der Waals surface area contributed by atoms with Gasteiger partial charge in [-0.05, 0) is 30.3 Å². The minimum absolute atomic E-state index is 0.0139. The first-order valence-electron chi connectivity index (χ1n) is 5.62. The summed E-state index contributed by atoms with van der Waals surface area (Å²) in [4.78, 5) is 15.7. The smallest absolute Gasteiger partial charge is 0.387 e. The lowest BCUT2D eigenvalue weighted by Crippen LogP contribution is -2.13. The molecule has 0 saturated carbocycles. The predicted octanol–water partition coefficient (Wildman–Crippen LogP) is 2.52. The summed E-state index contributed by atoms with van der Waals surface area (Å²) in [5.74, 6) is -0.425. The number of alkyl halides is 2. The maximum atomic E-state index is 12.0. The molecule has 0 spiro atoms. The van der Waals surface area contributed by atoms with Crippen LogP contribution in [0.4, 0.5) is 20.2 Å². The highest BCUT2D eigenvalue weighted by Gasteiger charge is 2.09. The molecule has 2 rings (SSSR count). The molecule has 104 valence electrons. The van der Waals surface area contributed by atoms with Crippen molar-refractivity contribution in [2.75, 3.05) is 11.1 Å². The molecule has 0 aliphatic rings. The summed E-state index contributed by atoms with van der Waals surface area (Å²) < 4.78 is 28.2. The number of carbonyl (C=O) groups is 1. The second-order valence-corrected chi connectivity index (χ2v) is 3.82. The van der Waals surface area contributed by atoms with Gasteiger partial charge in [0.25, 0.3) is 5.91 Å². The molecule has 1 aromatic heterocycles. The molecule has 0 atom stereocenters. The lowest BCUT2D eigenvalue weighted by Gasteiger charge is -2.08. The number of rotatable bonds is 4. The molecule has 0 saturated heterocycles. The number of amides is 1. The Morgan fingerprint density at radius 1 is 1.25 bits per heavy atom. The summed E-state index contributed by atoms with van der Waals surface area (Å²) in [5, 5.41) is 2.59. The molecule has 0 unspecified atom stereocenters. The van der Waals surface area contributed by atoms with Gasteiger partial charge in [0.15, 0.2) is 0 Å². The first kappa shape index (κ1) is 13.7. The summed E-state index contributed by atoms with van der Waals surface area (Å²) in [6.07, 6.45) is 2.90. The van der Waals surface area contributed by atoms with Crippen molar-refractivity contribution in [3.8, 4) is 5.75 Å². The van der Waals surface area contributed by atoms with E-state index in [9.17, 15) is 13.6 Å². The second-order valence-electron chi connectivity index (χ2n) is 3.82. The van der Waals surface area contributed by atoms with E-state index in [4.69, 9.17) is 5.73 Å². The minimum atomic E-state index is -2.90. The number of benzene rings is 1. The van der Waals surface area contributed by atoms with Gasteiger partial charge < -0.3 is 15.8 Å². The van der Waals surface area contributed by atoms with Crippen LogP contribution in [0.5, 0.6) is 5.75 Å². The van der Waals surface area contributed by atoms with Gasteiger partial charge in [0.1, 0.15) is 5.75 Å². The van der Waals surface area contributed by atoms with Crippen LogP contribution in [0.3, 0.4) is 0 Å². The lowest BCUT2D eigenvalue weighted by atomic mass is 10.2. The number of halogens is 2. The Labute approximate surface area is 113 Å². The number of hydrogen-bond acceptors (Lipinski definition) is 4. The third-order valence-electron chi connectivity index (χ3n) is 2.44. The average Bonchev–Trinajstić information content (AvgIpc) is 2.41. The SMILES string of the molecule is Nc1cnccc1NC(=O)c1ccc(OC(F)F)cc1. The number of nitrogen functional groups attached to an aromatic ring is 1. The molecule has 1 aromatic carbocycles. The highest BCUT2D eigenvalue weighted by Crippen LogP contribution is 2.18. The van der Waals surface area contributed by atoms with E-state index in [1.807, 2.05) is 0 Å². The van der Waals surface area contributed by atoms with Crippen LogP contribution in [-0.4, -0.2) is 17.5 Å². The summed E-state index contributed by atoms with van der Waals surface area (Å²) in [6, 6.07) is 6.89. The number of anilines is 2. The summed E-state index contributed by atoms with van der Waals surface area (Å²) >= 11 is 0. The molecule has 0 aliphatic heterocycles. The number of nitrogens with zero attached hydrogens (tertiary/aromatic N) is 1. The zero-order chi connectivity index (χ0) is 14.5. The van der Waals surface area contributed by atoms with Crippen LogP contribution in [0.1, 0.15) is 10.4 Å². The molecule has 3 N–H and O–H groups in total. The first-order valence-corrected chi connectivity index (χ1v) is 5.62. The van der Waals surface area contributed by atoms with E-state index < -0.39 is 12.5 Å². The average molecular weight is 279 g/mol. The monoisotopic (exact) mass is 279 g/mol. The molecule has 20 heavy (non-hydrogen) atoms. The number of ether oxygens (including phenoxy) is 1. The Morgan fingerprint density at radius 2 is 1.95 bits per heavy atom. The zero-order valence-corrected chi connectivity index (χ0v) is 10.2.